The fraction of sp³-hybridized carbons (Fsp3) is 0.531. The molecule has 0 saturated carbocycles. The number of benzene rings is 2. The number of carbonyl (C=O) groups is 3. The molecule has 0 fully saturated rings. The van der Waals surface area contributed by atoms with E-state index in [1.165, 1.54) is 0 Å². The van der Waals surface area contributed by atoms with Gasteiger partial charge in [0.2, 0.25) is 11.8 Å². The van der Waals surface area contributed by atoms with E-state index in [0.29, 0.717) is 13.0 Å². The summed E-state index contributed by atoms with van der Waals surface area (Å²) in [6.07, 6.45) is 2.24. The van der Waals surface area contributed by atoms with Gasteiger partial charge in [-0.05, 0) is 42.5 Å². The highest BCUT2D eigenvalue weighted by Crippen LogP contribution is 2.13. The molecular weight excluding hydrogens is 538 g/mol. The van der Waals surface area contributed by atoms with Gasteiger partial charge >= 0.3 is 5.97 Å². The van der Waals surface area contributed by atoms with Crippen LogP contribution < -0.4 is 20.7 Å². The first-order chi connectivity index (χ1) is 20.2. The number of ether oxygens (including phenoxy) is 2. The maximum Gasteiger partial charge on any atom is 0.303 e. The van der Waals surface area contributed by atoms with Crippen LogP contribution >= 0.6 is 0 Å². The molecule has 1 unspecified atom stereocenters. The first-order valence-electron chi connectivity index (χ1n) is 14.7. The molecule has 2 rings (SSSR count). The summed E-state index contributed by atoms with van der Waals surface area (Å²) < 4.78 is 11.3. The molecule has 0 aromatic heterocycles. The van der Waals surface area contributed by atoms with Crippen molar-refractivity contribution in [3.63, 3.8) is 0 Å². The molecule has 2 amide bonds. The van der Waals surface area contributed by atoms with Crippen LogP contribution in [0.1, 0.15) is 63.5 Å². The molecule has 2 aromatic carbocycles. The molecule has 0 spiro atoms. The van der Waals surface area contributed by atoms with Crippen LogP contribution in [0, 0.1) is 0 Å². The summed E-state index contributed by atoms with van der Waals surface area (Å²) in [4.78, 5) is 37.0. The zero-order chi connectivity index (χ0) is 30.7. The normalized spacial score (nSPS) is 13.3. The Bertz CT molecular complexity index is 1080. The largest absolute Gasteiger partial charge is 0.497 e. The van der Waals surface area contributed by atoms with Crippen molar-refractivity contribution < 1.29 is 34.1 Å². The molecule has 0 aliphatic carbocycles. The lowest BCUT2D eigenvalue weighted by Gasteiger charge is -2.28. The summed E-state index contributed by atoms with van der Waals surface area (Å²) in [5, 5.41) is 29.0. The number of aliphatic hydroxyl groups excluding tert-OH is 1. The number of hydrogen-bond donors (Lipinski definition) is 5. The van der Waals surface area contributed by atoms with Gasteiger partial charge in [0.05, 0.1) is 38.4 Å². The van der Waals surface area contributed by atoms with E-state index in [4.69, 9.17) is 14.6 Å². The van der Waals surface area contributed by atoms with Gasteiger partial charge in [0, 0.05) is 19.5 Å². The highest BCUT2D eigenvalue weighted by Gasteiger charge is 2.28. The lowest BCUT2D eigenvalue weighted by atomic mass is 10.0. The summed E-state index contributed by atoms with van der Waals surface area (Å²) in [5.74, 6) is -1.41. The second-order valence-corrected chi connectivity index (χ2v) is 10.4. The summed E-state index contributed by atoms with van der Waals surface area (Å²) in [6, 6.07) is 15.4. The Kier molecular flexibility index (Phi) is 16.2. The third-order valence-corrected chi connectivity index (χ3v) is 6.84. The molecule has 42 heavy (non-hydrogen) atoms. The smallest absolute Gasteiger partial charge is 0.303 e. The number of carboxylic acids is 1. The summed E-state index contributed by atoms with van der Waals surface area (Å²) >= 11 is 0. The Labute approximate surface area is 249 Å². The van der Waals surface area contributed by atoms with Crippen molar-refractivity contribution in [3.8, 4) is 5.75 Å². The zero-order valence-electron chi connectivity index (χ0n) is 25.0. The molecule has 0 heterocycles. The monoisotopic (exact) mass is 585 g/mol. The predicted octanol–water partition coefficient (Wildman–Crippen LogP) is 3.21. The van der Waals surface area contributed by atoms with Crippen LogP contribution in [0.3, 0.4) is 0 Å². The summed E-state index contributed by atoms with van der Waals surface area (Å²) in [6.45, 7) is 4.75. The van der Waals surface area contributed by atoms with E-state index in [1.807, 2.05) is 54.6 Å². The van der Waals surface area contributed by atoms with E-state index in [1.54, 1.807) is 7.11 Å². The number of aliphatic carboxylic acids is 1. The van der Waals surface area contributed by atoms with Crippen LogP contribution in [0.25, 0.3) is 0 Å². The number of aliphatic hydroxyl groups is 1. The van der Waals surface area contributed by atoms with Crippen LogP contribution in [0.5, 0.6) is 5.75 Å². The number of rotatable bonds is 21. The third-order valence-electron chi connectivity index (χ3n) is 6.84. The Balaban J connectivity index is 2.14. The van der Waals surface area contributed by atoms with Gasteiger partial charge in [-0.3, -0.25) is 14.4 Å². The van der Waals surface area contributed by atoms with Crippen molar-refractivity contribution in [1.29, 1.82) is 0 Å². The molecular formula is C32H47N3O7. The minimum atomic E-state index is -1.10. The number of carboxylic acid groups (broad SMARTS) is 1. The van der Waals surface area contributed by atoms with E-state index in [0.717, 1.165) is 42.6 Å². The zero-order valence-corrected chi connectivity index (χ0v) is 25.0. The quantitative estimate of drug-likeness (QED) is 0.150. The fourth-order valence-corrected chi connectivity index (χ4v) is 4.58. The van der Waals surface area contributed by atoms with Crippen molar-refractivity contribution >= 4 is 17.8 Å². The molecule has 0 aliphatic rings. The SMILES string of the molecule is CCCC(CCC)OCC(NC(=O)CCC(=O)O)C(=O)N[C@@H](Cc1ccccc1)[C@H](O)CNCc1cccc(OC)c1. The second-order valence-electron chi connectivity index (χ2n) is 10.4. The van der Waals surface area contributed by atoms with Gasteiger partial charge in [-0.2, -0.15) is 0 Å². The maximum absolute atomic E-state index is 13.5. The van der Waals surface area contributed by atoms with Crippen LogP contribution in [-0.2, 0) is 32.1 Å². The molecule has 10 heteroatoms. The average molecular weight is 586 g/mol. The molecule has 232 valence electrons. The minimum Gasteiger partial charge on any atom is -0.497 e. The van der Waals surface area contributed by atoms with Gasteiger partial charge in [0.25, 0.3) is 0 Å². The average Bonchev–Trinajstić information content (AvgIpc) is 2.98. The van der Waals surface area contributed by atoms with Crippen LogP contribution in [0.2, 0.25) is 0 Å². The van der Waals surface area contributed by atoms with Crippen LogP contribution in [0.4, 0.5) is 0 Å². The molecule has 0 saturated heterocycles. The fourth-order valence-electron chi connectivity index (χ4n) is 4.58. The lowest BCUT2D eigenvalue weighted by Crippen LogP contribution is -2.56. The molecule has 0 bridgehead atoms. The van der Waals surface area contributed by atoms with Gasteiger partial charge in [-0.25, -0.2) is 0 Å². The van der Waals surface area contributed by atoms with E-state index in [2.05, 4.69) is 29.8 Å². The Morgan fingerprint density at radius 1 is 0.905 bits per heavy atom. The molecule has 3 atom stereocenters. The van der Waals surface area contributed by atoms with Gasteiger partial charge in [-0.1, -0.05) is 69.2 Å². The lowest BCUT2D eigenvalue weighted by molar-refractivity contribution is -0.139. The molecule has 2 aromatic rings. The number of carbonyl (C=O) groups excluding carboxylic acids is 2. The molecule has 0 aliphatic heterocycles. The van der Waals surface area contributed by atoms with E-state index in [9.17, 15) is 19.5 Å². The summed E-state index contributed by atoms with van der Waals surface area (Å²) in [5.41, 5.74) is 1.92. The van der Waals surface area contributed by atoms with Crippen molar-refractivity contribution in [2.75, 3.05) is 20.3 Å². The van der Waals surface area contributed by atoms with Gasteiger partial charge < -0.3 is 35.6 Å². The Morgan fingerprint density at radius 3 is 2.24 bits per heavy atom. The first-order valence-corrected chi connectivity index (χ1v) is 14.7. The topological polar surface area (TPSA) is 146 Å². The summed E-state index contributed by atoms with van der Waals surface area (Å²) in [7, 11) is 1.60. The minimum absolute atomic E-state index is 0.0576. The van der Waals surface area contributed by atoms with Crippen molar-refractivity contribution in [2.45, 2.75) is 89.6 Å². The van der Waals surface area contributed by atoms with E-state index in [-0.39, 0.29) is 32.1 Å². The molecule has 5 N–H and O–H groups in total. The number of methoxy groups -OCH3 is 1. The number of hydrogen-bond acceptors (Lipinski definition) is 7. The van der Waals surface area contributed by atoms with Crippen molar-refractivity contribution in [3.05, 3.63) is 65.7 Å². The first kappa shape index (κ1) is 34.7. The van der Waals surface area contributed by atoms with Crippen LogP contribution in [0.15, 0.2) is 54.6 Å². The van der Waals surface area contributed by atoms with Crippen molar-refractivity contribution in [2.24, 2.45) is 0 Å². The van der Waals surface area contributed by atoms with Gasteiger partial charge in [-0.15, -0.1) is 0 Å². The third kappa shape index (κ3) is 13.5. The Hall–Kier alpha value is -3.47. The maximum atomic E-state index is 13.5. The number of amides is 2. The van der Waals surface area contributed by atoms with Crippen LogP contribution in [-0.4, -0.2) is 72.5 Å². The number of nitrogens with one attached hydrogen (secondary N) is 3. The van der Waals surface area contributed by atoms with Gasteiger partial charge in [0.1, 0.15) is 11.8 Å². The van der Waals surface area contributed by atoms with E-state index >= 15 is 0 Å². The second kappa shape index (κ2) is 19.6. The molecule has 10 nitrogen and oxygen atoms in total. The van der Waals surface area contributed by atoms with Crippen molar-refractivity contribution in [1.82, 2.24) is 16.0 Å². The predicted molar refractivity (Wildman–Crippen MR) is 161 cm³/mol. The molecule has 0 radical (unpaired) electrons. The Morgan fingerprint density at radius 2 is 1.60 bits per heavy atom. The van der Waals surface area contributed by atoms with Gasteiger partial charge in [0.15, 0.2) is 0 Å². The van der Waals surface area contributed by atoms with E-state index < -0.39 is 36.0 Å². The highest BCUT2D eigenvalue weighted by atomic mass is 16.5. The highest BCUT2D eigenvalue weighted by molar-refractivity contribution is 5.89. The standard InChI is InChI=1S/C32H47N3O7/c1-4-10-25(11-5-2)42-22-28(34-30(37)16-17-31(38)39)32(40)35-27(19-23-12-7-6-8-13-23)29(36)21-33-20-24-14-9-15-26(18-24)41-3/h6-9,12-15,18,25,27-29,33,36H,4-5,10-11,16-17,19-22H2,1-3H3,(H,34,37)(H,35,40)(H,38,39)/t27-,28?,29+/m0/s1.